The Morgan fingerprint density at radius 1 is 0.469 bits per heavy atom. The minimum absolute atomic E-state index is 0.187. The van der Waals surface area contributed by atoms with E-state index in [4.69, 9.17) is 9.47 Å². The zero-order chi connectivity index (χ0) is 34.4. The lowest BCUT2D eigenvalue weighted by molar-refractivity contribution is 0.101. The third-order valence-electron chi connectivity index (χ3n) is 8.08. The Morgan fingerprint density at radius 2 is 0.776 bits per heavy atom. The van der Waals surface area contributed by atoms with Crippen LogP contribution in [0.5, 0.6) is 23.0 Å². The van der Waals surface area contributed by atoms with Crippen LogP contribution in [0.3, 0.4) is 0 Å². The highest BCUT2D eigenvalue weighted by molar-refractivity contribution is 9.10. The normalized spacial score (nSPS) is 11.0. The van der Waals surface area contributed by atoms with E-state index in [-0.39, 0.29) is 17.2 Å². The summed E-state index contributed by atoms with van der Waals surface area (Å²) >= 11 is 6.84. The molecular formula is C41H32Br2N2O4. The molecule has 0 aromatic heterocycles. The van der Waals surface area contributed by atoms with Crippen LogP contribution in [0.25, 0.3) is 0 Å². The molecule has 0 atom stereocenters. The van der Waals surface area contributed by atoms with E-state index in [1.807, 2.05) is 109 Å². The van der Waals surface area contributed by atoms with Gasteiger partial charge in [0.25, 0.3) is 11.8 Å². The van der Waals surface area contributed by atoms with Gasteiger partial charge in [-0.15, -0.1) is 0 Å². The Kier molecular flexibility index (Phi) is 10.3. The van der Waals surface area contributed by atoms with E-state index in [0.29, 0.717) is 45.5 Å². The number of hydrogen-bond acceptors (Lipinski definition) is 4. The van der Waals surface area contributed by atoms with Gasteiger partial charge < -0.3 is 20.1 Å². The molecule has 0 bridgehead atoms. The van der Waals surface area contributed by atoms with Crippen molar-refractivity contribution in [2.45, 2.75) is 19.3 Å². The maximum atomic E-state index is 12.6. The lowest BCUT2D eigenvalue weighted by atomic mass is 9.78. The van der Waals surface area contributed by atoms with E-state index in [2.05, 4.69) is 80.6 Å². The zero-order valence-corrected chi connectivity index (χ0v) is 29.9. The standard InChI is InChI=1S/C41H32Br2N2O4/c1-41(2,27-11-19-31(20-12-27)48-33-23-15-29(16-24-33)44-39(46)35-7-3-5-9-37(35)42)28-13-21-32(22-14-28)49-34-25-17-30(18-26-34)45-40(47)36-8-4-6-10-38(36)43/h3-26H,1-2H3,(H,44,46)(H,45,47). The topological polar surface area (TPSA) is 76.7 Å². The minimum atomic E-state index is -0.266. The van der Waals surface area contributed by atoms with Gasteiger partial charge in [0.05, 0.1) is 11.1 Å². The van der Waals surface area contributed by atoms with Crippen LogP contribution in [0.15, 0.2) is 155 Å². The first-order valence-electron chi connectivity index (χ1n) is 15.5. The van der Waals surface area contributed by atoms with E-state index >= 15 is 0 Å². The summed E-state index contributed by atoms with van der Waals surface area (Å²) in [6.45, 7) is 4.36. The molecule has 6 aromatic carbocycles. The minimum Gasteiger partial charge on any atom is -0.457 e. The zero-order valence-electron chi connectivity index (χ0n) is 26.7. The molecule has 2 amide bonds. The number of nitrogens with one attached hydrogen (secondary N) is 2. The molecule has 0 saturated carbocycles. The van der Waals surface area contributed by atoms with Crippen LogP contribution in [-0.4, -0.2) is 11.8 Å². The molecule has 0 aliphatic heterocycles. The Labute approximate surface area is 302 Å². The fraction of sp³-hybridized carbons (Fsp3) is 0.0732. The molecule has 6 nitrogen and oxygen atoms in total. The molecule has 0 unspecified atom stereocenters. The van der Waals surface area contributed by atoms with E-state index in [1.54, 1.807) is 12.1 Å². The molecule has 6 rings (SSSR count). The van der Waals surface area contributed by atoms with Gasteiger partial charge in [-0.2, -0.15) is 0 Å². The summed E-state index contributed by atoms with van der Waals surface area (Å²) in [6, 6.07) is 45.3. The van der Waals surface area contributed by atoms with Gasteiger partial charge in [0.2, 0.25) is 0 Å². The quantitative estimate of drug-likeness (QED) is 0.145. The average Bonchev–Trinajstić information content (AvgIpc) is 3.11. The SMILES string of the molecule is CC(C)(c1ccc(Oc2ccc(NC(=O)c3ccccc3Br)cc2)cc1)c1ccc(Oc2ccc(NC(=O)c3ccccc3Br)cc2)cc1. The highest BCUT2D eigenvalue weighted by Crippen LogP contribution is 2.35. The lowest BCUT2D eigenvalue weighted by Crippen LogP contribution is -2.18. The van der Waals surface area contributed by atoms with Gasteiger partial charge in [0.1, 0.15) is 23.0 Å². The number of rotatable bonds is 10. The molecular weight excluding hydrogens is 744 g/mol. The predicted molar refractivity (Wildman–Crippen MR) is 202 cm³/mol. The number of amides is 2. The fourth-order valence-corrected chi connectivity index (χ4v) is 6.15. The Bertz CT molecular complexity index is 1930. The van der Waals surface area contributed by atoms with E-state index in [1.165, 1.54) is 0 Å². The van der Waals surface area contributed by atoms with Crippen molar-refractivity contribution in [2.75, 3.05) is 10.6 Å². The highest BCUT2D eigenvalue weighted by atomic mass is 79.9. The molecule has 244 valence electrons. The molecule has 0 spiro atoms. The summed E-state index contributed by atoms with van der Waals surface area (Å²) in [5, 5.41) is 5.83. The maximum Gasteiger partial charge on any atom is 0.256 e. The monoisotopic (exact) mass is 774 g/mol. The average molecular weight is 777 g/mol. The number of halogens is 2. The van der Waals surface area contributed by atoms with Gasteiger partial charge >= 0.3 is 0 Å². The summed E-state index contributed by atoms with van der Waals surface area (Å²) < 4.78 is 13.6. The molecule has 0 saturated heterocycles. The number of carbonyl (C=O) groups is 2. The summed E-state index contributed by atoms with van der Waals surface area (Å²) in [4.78, 5) is 25.2. The van der Waals surface area contributed by atoms with Crippen molar-refractivity contribution >= 4 is 55.0 Å². The number of carbonyl (C=O) groups excluding carboxylic acids is 2. The molecule has 0 fully saturated rings. The van der Waals surface area contributed by atoms with E-state index in [9.17, 15) is 9.59 Å². The first-order valence-corrected chi connectivity index (χ1v) is 17.1. The molecule has 0 heterocycles. The van der Waals surface area contributed by atoms with Crippen LogP contribution in [0, 0.1) is 0 Å². The maximum absolute atomic E-state index is 12.6. The largest absolute Gasteiger partial charge is 0.457 e. The van der Waals surface area contributed by atoms with Crippen LogP contribution in [0.2, 0.25) is 0 Å². The number of anilines is 2. The molecule has 0 aliphatic carbocycles. The second kappa shape index (κ2) is 14.9. The van der Waals surface area contributed by atoms with Crippen LogP contribution in [-0.2, 0) is 5.41 Å². The van der Waals surface area contributed by atoms with Crippen molar-refractivity contribution < 1.29 is 19.1 Å². The van der Waals surface area contributed by atoms with Gasteiger partial charge in [0.15, 0.2) is 0 Å². The molecule has 2 N–H and O–H groups in total. The van der Waals surface area contributed by atoms with Crippen molar-refractivity contribution in [1.82, 2.24) is 0 Å². The Morgan fingerprint density at radius 3 is 1.10 bits per heavy atom. The van der Waals surface area contributed by atoms with Crippen LogP contribution in [0.1, 0.15) is 45.7 Å². The summed E-state index contributed by atoms with van der Waals surface area (Å²) in [6.07, 6.45) is 0. The number of hydrogen-bond donors (Lipinski definition) is 2. The number of benzene rings is 6. The molecule has 6 aromatic rings. The second-order valence-corrected chi connectivity index (χ2v) is 13.5. The van der Waals surface area contributed by atoms with Crippen molar-refractivity contribution in [1.29, 1.82) is 0 Å². The van der Waals surface area contributed by atoms with Gasteiger partial charge in [0, 0.05) is 25.7 Å². The predicted octanol–water partition coefficient (Wildman–Crippen LogP) is 11.6. The first kappa shape index (κ1) is 33.7. The summed E-state index contributed by atoms with van der Waals surface area (Å²) in [5.74, 6) is 2.39. The lowest BCUT2D eigenvalue weighted by Gasteiger charge is -2.26. The summed E-state index contributed by atoms with van der Waals surface area (Å²) in [5.41, 5.74) is 4.50. The Balaban J connectivity index is 1.03. The van der Waals surface area contributed by atoms with Gasteiger partial charge in [-0.25, -0.2) is 0 Å². The van der Waals surface area contributed by atoms with Crippen LogP contribution >= 0.6 is 31.9 Å². The molecule has 49 heavy (non-hydrogen) atoms. The molecule has 0 radical (unpaired) electrons. The van der Waals surface area contributed by atoms with Crippen LogP contribution in [0.4, 0.5) is 11.4 Å². The van der Waals surface area contributed by atoms with E-state index < -0.39 is 0 Å². The highest BCUT2D eigenvalue weighted by Gasteiger charge is 2.23. The van der Waals surface area contributed by atoms with Crippen LogP contribution < -0.4 is 20.1 Å². The van der Waals surface area contributed by atoms with Crippen molar-refractivity contribution in [3.63, 3.8) is 0 Å². The summed E-state index contributed by atoms with van der Waals surface area (Å²) in [7, 11) is 0. The van der Waals surface area contributed by atoms with Crippen molar-refractivity contribution in [3.8, 4) is 23.0 Å². The fourth-order valence-electron chi connectivity index (χ4n) is 5.22. The second-order valence-electron chi connectivity index (χ2n) is 11.8. The third kappa shape index (κ3) is 8.28. The molecule has 0 aliphatic rings. The smallest absolute Gasteiger partial charge is 0.256 e. The number of ether oxygens (including phenoxy) is 2. The van der Waals surface area contributed by atoms with Gasteiger partial charge in [-0.3, -0.25) is 9.59 Å². The third-order valence-corrected chi connectivity index (χ3v) is 9.47. The first-order chi connectivity index (χ1) is 23.7. The van der Waals surface area contributed by atoms with E-state index in [0.717, 1.165) is 20.1 Å². The molecule has 8 heteroatoms. The van der Waals surface area contributed by atoms with Crippen molar-refractivity contribution in [2.24, 2.45) is 0 Å². The van der Waals surface area contributed by atoms with Crippen molar-refractivity contribution in [3.05, 3.63) is 177 Å². The van der Waals surface area contributed by atoms with Gasteiger partial charge in [-0.05, 0) is 140 Å². The Hall–Kier alpha value is -5.18. The van der Waals surface area contributed by atoms with Gasteiger partial charge in [-0.1, -0.05) is 62.4 Å².